The SMILES string of the molecule is Cc1nc(Sc2ccc(C3c4cn[nH]c4N=C4CNCC(=O)C43)o2)[nH]c1C. The standard InChI is InChI=1S/C18H18N6O2S/c1-8-9(2)22-18(21-8)27-14-4-3-13(26-14)15-10-5-20-24-17(10)23-11-6-19-7-12(25)16(11)15/h3-5,15-16,19H,6-7H2,1-2H3,(H,20,24)(H,21,22). The maximum absolute atomic E-state index is 12.6. The predicted molar refractivity (Wildman–Crippen MR) is 99.8 cm³/mol. The van der Waals surface area contributed by atoms with Gasteiger partial charge in [-0.3, -0.25) is 9.89 Å². The Morgan fingerprint density at radius 1 is 1.22 bits per heavy atom. The second kappa shape index (κ2) is 6.21. The number of imidazole rings is 1. The average Bonchev–Trinajstić information content (AvgIpc) is 3.35. The summed E-state index contributed by atoms with van der Waals surface area (Å²) < 4.78 is 6.13. The van der Waals surface area contributed by atoms with Crippen LogP contribution in [0.1, 0.15) is 28.6 Å². The molecule has 3 aromatic heterocycles. The van der Waals surface area contributed by atoms with Gasteiger partial charge in [0.2, 0.25) is 0 Å². The van der Waals surface area contributed by atoms with E-state index in [4.69, 9.17) is 4.42 Å². The Hall–Kier alpha value is -2.65. The normalized spacial score (nSPS) is 21.7. The molecule has 3 N–H and O–H groups in total. The number of aromatic nitrogens is 4. The lowest BCUT2D eigenvalue weighted by atomic mass is 9.76. The van der Waals surface area contributed by atoms with Crippen molar-refractivity contribution >= 4 is 29.1 Å². The number of nitrogens with one attached hydrogen (secondary N) is 3. The zero-order valence-corrected chi connectivity index (χ0v) is 15.7. The van der Waals surface area contributed by atoms with E-state index < -0.39 is 0 Å². The van der Waals surface area contributed by atoms with Crippen LogP contribution in [-0.4, -0.2) is 44.7 Å². The Labute approximate surface area is 159 Å². The number of fused-ring (bicyclic) bond motifs is 2. The van der Waals surface area contributed by atoms with E-state index in [-0.39, 0.29) is 17.6 Å². The van der Waals surface area contributed by atoms with Crippen molar-refractivity contribution in [2.24, 2.45) is 10.9 Å². The summed E-state index contributed by atoms with van der Waals surface area (Å²) in [6.45, 7) is 4.90. The summed E-state index contributed by atoms with van der Waals surface area (Å²) in [7, 11) is 0. The first-order valence-electron chi connectivity index (χ1n) is 8.75. The number of H-pyrrole nitrogens is 2. The molecule has 0 spiro atoms. The fourth-order valence-electron chi connectivity index (χ4n) is 3.67. The van der Waals surface area contributed by atoms with Crippen LogP contribution in [0.3, 0.4) is 0 Å². The summed E-state index contributed by atoms with van der Waals surface area (Å²) in [6, 6.07) is 3.86. The number of carbonyl (C=O) groups is 1. The van der Waals surface area contributed by atoms with Gasteiger partial charge >= 0.3 is 0 Å². The first-order valence-corrected chi connectivity index (χ1v) is 9.56. The van der Waals surface area contributed by atoms with Crippen LogP contribution in [0.25, 0.3) is 0 Å². The van der Waals surface area contributed by atoms with E-state index in [1.54, 1.807) is 6.20 Å². The number of ketones is 1. The fraction of sp³-hybridized carbons (Fsp3) is 0.333. The van der Waals surface area contributed by atoms with Crippen LogP contribution in [0, 0.1) is 19.8 Å². The van der Waals surface area contributed by atoms with Gasteiger partial charge in [-0.2, -0.15) is 5.10 Å². The van der Waals surface area contributed by atoms with E-state index in [2.05, 4.69) is 30.5 Å². The van der Waals surface area contributed by atoms with E-state index in [1.165, 1.54) is 11.8 Å². The number of aliphatic imine (C=N–C) groups is 1. The van der Waals surface area contributed by atoms with Crippen molar-refractivity contribution in [2.45, 2.75) is 30.0 Å². The number of aryl methyl sites for hydroxylation is 2. The zero-order valence-electron chi connectivity index (χ0n) is 14.9. The van der Waals surface area contributed by atoms with E-state index in [0.717, 1.165) is 38.7 Å². The minimum atomic E-state index is -0.312. The molecule has 2 aliphatic heterocycles. The highest BCUT2D eigenvalue weighted by molar-refractivity contribution is 7.99. The van der Waals surface area contributed by atoms with Crippen LogP contribution in [0.4, 0.5) is 5.82 Å². The number of carbonyl (C=O) groups excluding carboxylic acids is 1. The number of hydrogen-bond donors (Lipinski definition) is 3. The Balaban J connectivity index is 1.51. The van der Waals surface area contributed by atoms with Crippen LogP contribution in [-0.2, 0) is 4.79 Å². The molecule has 3 aromatic rings. The summed E-state index contributed by atoms with van der Waals surface area (Å²) in [5, 5.41) is 11.7. The number of Topliss-reactive ketones (excluding diaryl/α,β-unsaturated/α-hetero) is 1. The van der Waals surface area contributed by atoms with Gasteiger partial charge in [0, 0.05) is 23.5 Å². The van der Waals surface area contributed by atoms with Crippen molar-refractivity contribution in [3.05, 3.63) is 41.0 Å². The van der Waals surface area contributed by atoms with E-state index in [9.17, 15) is 4.79 Å². The summed E-state index contributed by atoms with van der Waals surface area (Å²) in [5.41, 5.74) is 3.74. The third-order valence-electron chi connectivity index (χ3n) is 5.09. The Bertz CT molecular complexity index is 1040. The van der Waals surface area contributed by atoms with Gasteiger partial charge in [0.1, 0.15) is 5.76 Å². The molecular weight excluding hydrogens is 364 g/mol. The number of furan rings is 1. The molecule has 0 radical (unpaired) electrons. The molecule has 5 rings (SSSR count). The minimum absolute atomic E-state index is 0.125. The van der Waals surface area contributed by atoms with Crippen LogP contribution in [0.5, 0.6) is 0 Å². The molecule has 1 fully saturated rings. The average molecular weight is 382 g/mol. The van der Waals surface area contributed by atoms with Crippen molar-refractivity contribution < 1.29 is 9.21 Å². The molecule has 1 saturated heterocycles. The molecular formula is C18H18N6O2S. The van der Waals surface area contributed by atoms with Gasteiger partial charge in [0.25, 0.3) is 0 Å². The molecule has 0 aliphatic carbocycles. The van der Waals surface area contributed by atoms with Gasteiger partial charge in [-0.15, -0.1) is 0 Å². The molecule has 5 heterocycles. The molecule has 2 aliphatic rings. The fourth-order valence-corrected chi connectivity index (χ4v) is 4.52. The number of aromatic amines is 2. The molecule has 0 bridgehead atoms. The largest absolute Gasteiger partial charge is 0.454 e. The lowest BCUT2D eigenvalue weighted by Gasteiger charge is -2.32. The van der Waals surface area contributed by atoms with Gasteiger partial charge in [-0.05, 0) is 37.7 Å². The molecule has 27 heavy (non-hydrogen) atoms. The lowest BCUT2D eigenvalue weighted by molar-refractivity contribution is -0.121. The van der Waals surface area contributed by atoms with E-state index in [1.807, 2.05) is 26.0 Å². The third-order valence-corrected chi connectivity index (χ3v) is 5.90. The summed E-state index contributed by atoms with van der Waals surface area (Å²) >= 11 is 1.44. The Morgan fingerprint density at radius 2 is 2.11 bits per heavy atom. The highest BCUT2D eigenvalue weighted by Crippen LogP contribution is 2.43. The number of nitrogens with zero attached hydrogens (tertiary/aromatic N) is 3. The maximum Gasteiger partial charge on any atom is 0.173 e. The number of rotatable bonds is 3. The highest BCUT2D eigenvalue weighted by Gasteiger charge is 2.43. The van der Waals surface area contributed by atoms with Gasteiger partial charge in [0.15, 0.2) is 21.8 Å². The summed E-state index contributed by atoms with van der Waals surface area (Å²) in [4.78, 5) is 25.0. The molecule has 2 unspecified atom stereocenters. The number of hydrogen-bond acceptors (Lipinski definition) is 7. The smallest absolute Gasteiger partial charge is 0.173 e. The Kier molecular flexibility index (Phi) is 3.80. The summed E-state index contributed by atoms with van der Waals surface area (Å²) in [5.74, 6) is 1.04. The first-order chi connectivity index (χ1) is 13.1. The molecule has 138 valence electrons. The van der Waals surface area contributed by atoms with Crippen molar-refractivity contribution in [2.75, 3.05) is 13.1 Å². The van der Waals surface area contributed by atoms with Crippen LogP contribution >= 0.6 is 11.8 Å². The third kappa shape index (κ3) is 2.74. The molecule has 0 saturated carbocycles. The van der Waals surface area contributed by atoms with E-state index in [0.29, 0.717) is 18.9 Å². The van der Waals surface area contributed by atoms with Crippen molar-refractivity contribution in [3.8, 4) is 0 Å². The van der Waals surface area contributed by atoms with Gasteiger partial charge in [-0.1, -0.05) is 0 Å². The van der Waals surface area contributed by atoms with Crippen LogP contribution in [0.2, 0.25) is 0 Å². The van der Waals surface area contributed by atoms with E-state index >= 15 is 0 Å². The predicted octanol–water partition coefficient (Wildman–Crippen LogP) is 2.50. The second-order valence-corrected chi connectivity index (χ2v) is 7.81. The maximum atomic E-state index is 12.6. The van der Waals surface area contributed by atoms with Crippen molar-refractivity contribution in [3.63, 3.8) is 0 Å². The Morgan fingerprint density at radius 3 is 2.93 bits per heavy atom. The van der Waals surface area contributed by atoms with Gasteiger partial charge in [-0.25, -0.2) is 9.98 Å². The molecule has 0 aromatic carbocycles. The monoisotopic (exact) mass is 382 g/mol. The highest BCUT2D eigenvalue weighted by atomic mass is 32.2. The molecule has 0 amide bonds. The van der Waals surface area contributed by atoms with Gasteiger partial charge in [0.05, 0.1) is 30.3 Å². The first kappa shape index (κ1) is 16.5. The minimum Gasteiger partial charge on any atom is -0.454 e. The topological polar surface area (TPSA) is 112 Å². The van der Waals surface area contributed by atoms with Crippen molar-refractivity contribution in [1.82, 2.24) is 25.5 Å². The quantitative estimate of drug-likeness (QED) is 0.642. The van der Waals surface area contributed by atoms with Crippen LogP contribution < -0.4 is 5.32 Å². The molecule has 8 nitrogen and oxygen atoms in total. The second-order valence-electron chi connectivity index (χ2n) is 6.81. The lowest BCUT2D eigenvalue weighted by Crippen LogP contribution is -2.48. The zero-order chi connectivity index (χ0) is 18.5. The summed E-state index contributed by atoms with van der Waals surface area (Å²) in [6.07, 6.45) is 1.74. The van der Waals surface area contributed by atoms with Crippen LogP contribution in [0.15, 0.2) is 38.0 Å². The number of piperidine rings is 1. The molecule has 2 atom stereocenters. The van der Waals surface area contributed by atoms with Gasteiger partial charge < -0.3 is 14.7 Å². The van der Waals surface area contributed by atoms with Crippen molar-refractivity contribution in [1.29, 1.82) is 0 Å². The molecule has 9 heteroatoms.